The highest BCUT2D eigenvalue weighted by molar-refractivity contribution is 5.92. The standard InChI is InChI=1S/C18H30N2O2/c1-5-15-10-9-11-20(15)18(21)17-12-14(16(6-2)22-17)13-19(7-3)8-4/h12,15H,5-11,13H2,1-4H3. The number of likely N-dealkylation sites (tertiary alicyclic amines) is 1. The van der Waals surface area contributed by atoms with Gasteiger partial charge in [-0.05, 0) is 38.4 Å². The number of amides is 1. The lowest BCUT2D eigenvalue weighted by atomic mass is 10.1. The number of rotatable bonds is 7. The average Bonchev–Trinajstić information content (AvgIpc) is 3.17. The summed E-state index contributed by atoms with van der Waals surface area (Å²) >= 11 is 0. The summed E-state index contributed by atoms with van der Waals surface area (Å²) in [6.07, 6.45) is 4.09. The number of carbonyl (C=O) groups excluding carboxylic acids is 1. The Bertz CT molecular complexity index is 491. The minimum Gasteiger partial charge on any atom is -0.456 e. The molecular weight excluding hydrogens is 276 g/mol. The molecule has 0 aliphatic carbocycles. The van der Waals surface area contributed by atoms with Crippen LogP contribution in [-0.4, -0.2) is 41.4 Å². The second-order valence-electron chi connectivity index (χ2n) is 6.08. The monoisotopic (exact) mass is 306 g/mol. The Morgan fingerprint density at radius 2 is 2.05 bits per heavy atom. The van der Waals surface area contributed by atoms with Crippen LogP contribution in [-0.2, 0) is 13.0 Å². The van der Waals surface area contributed by atoms with Crippen molar-refractivity contribution in [3.8, 4) is 0 Å². The van der Waals surface area contributed by atoms with E-state index in [1.807, 2.05) is 11.0 Å². The molecule has 1 aliphatic rings. The van der Waals surface area contributed by atoms with Gasteiger partial charge in [0.05, 0.1) is 0 Å². The number of hydrogen-bond donors (Lipinski definition) is 0. The average molecular weight is 306 g/mol. The van der Waals surface area contributed by atoms with Crippen LogP contribution in [0.3, 0.4) is 0 Å². The summed E-state index contributed by atoms with van der Waals surface area (Å²) in [7, 11) is 0. The molecule has 0 spiro atoms. The highest BCUT2D eigenvalue weighted by Crippen LogP contribution is 2.25. The van der Waals surface area contributed by atoms with Gasteiger partial charge in [0.25, 0.3) is 5.91 Å². The highest BCUT2D eigenvalue weighted by atomic mass is 16.4. The maximum atomic E-state index is 12.7. The summed E-state index contributed by atoms with van der Waals surface area (Å²) < 4.78 is 5.90. The van der Waals surface area contributed by atoms with E-state index in [1.54, 1.807) is 0 Å². The predicted octanol–water partition coefficient (Wildman–Crippen LogP) is 3.70. The molecule has 0 radical (unpaired) electrons. The molecule has 124 valence electrons. The van der Waals surface area contributed by atoms with Crippen LogP contribution in [0.25, 0.3) is 0 Å². The Labute approximate surface area is 134 Å². The van der Waals surface area contributed by atoms with Crippen molar-refractivity contribution < 1.29 is 9.21 Å². The van der Waals surface area contributed by atoms with Crippen molar-refractivity contribution in [2.75, 3.05) is 19.6 Å². The zero-order chi connectivity index (χ0) is 16.1. The van der Waals surface area contributed by atoms with Crippen LogP contribution in [0.4, 0.5) is 0 Å². The van der Waals surface area contributed by atoms with Crippen molar-refractivity contribution >= 4 is 5.91 Å². The van der Waals surface area contributed by atoms with Crippen LogP contribution in [0, 0.1) is 0 Å². The van der Waals surface area contributed by atoms with Gasteiger partial charge < -0.3 is 9.32 Å². The summed E-state index contributed by atoms with van der Waals surface area (Å²) in [4.78, 5) is 17.1. The Kier molecular flexibility index (Phi) is 6.07. The molecule has 2 heterocycles. The third-order valence-corrected chi connectivity index (χ3v) is 4.83. The molecule has 0 saturated carbocycles. The van der Waals surface area contributed by atoms with Crippen LogP contribution in [0.5, 0.6) is 0 Å². The number of furan rings is 1. The third-order valence-electron chi connectivity index (χ3n) is 4.83. The third kappa shape index (κ3) is 3.54. The fourth-order valence-electron chi connectivity index (χ4n) is 3.36. The second kappa shape index (κ2) is 7.82. The lowest BCUT2D eigenvalue weighted by Gasteiger charge is -2.22. The molecule has 1 unspecified atom stereocenters. The van der Waals surface area contributed by atoms with E-state index in [0.29, 0.717) is 11.8 Å². The van der Waals surface area contributed by atoms with Crippen LogP contribution >= 0.6 is 0 Å². The van der Waals surface area contributed by atoms with Crippen molar-refractivity contribution in [1.82, 2.24) is 9.80 Å². The number of nitrogens with zero attached hydrogens (tertiary/aromatic N) is 2. The maximum Gasteiger partial charge on any atom is 0.289 e. The number of carbonyl (C=O) groups is 1. The van der Waals surface area contributed by atoms with Crippen LogP contribution < -0.4 is 0 Å². The van der Waals surface area contributed by atoms with Gasteiger partial charge in [0.2, 0.25) is 0 Å². The Morgan fingerprint density at radius 3 is 2.64 bits per heavy atom. The Balaban J connectivity index is 2.17. The Hall–Kier alpha value is -1.29. The van der Waals surface area contributed by atoms with Gasteiger partial charge in [-0.25, -0.2) is 0 Å². The van der Waals surface area contributed by atoms with Gasteiger partial charge >= 0.3 is 0 Å². The summed E-state index contributed by atoms with van der Waals surface area (Å²) in [5, 5.41) is 0. The minimum atomic E-state index is 0.0739. The normalized spacial score (nSPS) is 18.4. The van der Waals surface area contributed by atoms with E-state index in [1.165, 1.54) is 5.56 Å². The molecule has 1 saturated heterocycles. The molecule has 1 aromatic rings. The molecule has 0 aromatic carbocycles. The van der Waals surface area contributed by atoms with Crippen molar-refractivity contribution in [3.05, 3.63) is 23.2 Å². The van der Waals surface area contributed by atoms with Gasteiger partial charge in [0, 0.05) is 31.1 Å². The summed E-state index contributed by atoms with van der Waals surface area (Å²) in [6.45, 7) is 12.3. The van der Waals surface area contributed by atoms with E-state index in [9.17, 15) is 4.79 Å². The first kappa shape index (κ1) is 17.1. The largest absolute Gasteiger partial charge is 0.456 e. The molecule has 0 bridgehead atoms. The first-order valence-electron chi connectivity index (χ1n) is 8.79. The van der Waals surface area contributed by atoms with Gasteiger partial charge in [-0.2, -0.15) is 0 Å². The van der Waals surface area contributed by atoms with E-state index in [0.717, 1.165) is 57.6 Å². The number of hydrogen-bond acceptors (Lipinski definition) is 3. The lowest BCUT2D eigenvalue weighted by molar-refractivity contribution is 0.0699. The van der Waals surface area contributed by atoms with Crippen LogP contribution in [0.2, 0.25) is 0 Å². The van der Waals surface area contributed by atoms with E-state index in [4.69, 9.17) is 4.42 Å². The van der Waals surface area contributed by atoms with Crippen molar-refractivity contribution in [2.24, 2.45) is 0 Å². The fourth-order valence-corrected chi connectivity index (χ4v) is 3.36. The molecule has 2 rings (SSSR count). The van der Waals surface area contributed by atoms with E-state index in [-0.39, 0.29) is 5.91 Å². The van der Waals surface area contributed by atoms with Gasteiger partial charge in [-0.1, -0.05) is 27.7 Å². The fraction of sp³-hybridized carbons (Fsp3) is 0.722. The quantitative estimate of drug-likeness (QED) is 0.771. The van der Waals surface area contributed by atoms with Crippen molar-refractivity contribution in [1.29, 1.82) is 0 Å². The first-order valence-corrected chi connectivity index (χ1v) is 8.79. The topological polar surface area (TPSA) is 36.7 Å². The van der Waals surface area contributed by atoms with E-state index >= 15 is 0 Å². The minimum absolute atomic E-state index is 0.0739. The molecule has 22 heavy (non-hydrogen) atoms. The van der Waals surface area contributed by atoms with Gasteiger partial charge in [-0.3, -0.25) is 9.69 Å². The molecule has 1 aromatic heterocycles. The lowest BCUT2D eigenvalue weighted by Crippen LogP contribution is -2.34. The zero-order valence-corrected chi connectivity index (χ0v) is 14.5. The molecular formula is C18H30N2O2. The second-order valence-corrected chi connectivity index (χ2v) is 6.08. The molecule has 1 atom stereocenters. The van der Waals surface area contributed by atoms with Gasteiger partial charge in [0.15, 0.2) is 5.76 Å². The molecule has 1 aliphatic heterocycles. The molecule has 4 nitrogen and oxygen atoms in total. The van der Waals surface area contributed by atoms with Crippen molar-refractivity contribution in [2.45, 2.75) is 66.0 Å². The summed E-state index contributed by atoms with van der Waals surface area (Å²) in [5.41, 5.74) is 1.17. The zero-order valence-electron chi connectivity index (χ0n) is 14.5. The molecule has 4 heteroatoms. The molecule has 1 fully saturated rings. The van der Waals surface area contributed by atoms with E-state index in [2.05, 4.69) is 32.6 Å². The highest BCUT2D eigenvalue weighted by Gasteiger charge is 2.30. The Morgan fingerprint density at radius 1 is 1.32 bits per heavy atom. The molecule has 0 N–H and O–H groups in total. The number of aryl methyl sites for hydroxylation is 1. The van der Waals surface area contributed by atoms with Crippen LogP contribution in [0.1, 0.15) is 68.8 Å². The van der Waals surface area contributed by atoms with Gasteiger partial charge in [0.1, 0.15) is 5.76 Å². The summed E-state index contributed by atoms with van der Waals surface area (Å²) in [6, 6.07) is 2.36. The predicted molar refractivity (Wildman–Crippen MR) is 89.1 cm³/mol. The van der Waals surface area contributed by atoms with E-state index < -0.39 is 0 Å². The van der Waals surface area contributed by atoms with Crippen LogP contribution in [0.15, 0.2) is 10.5 Å². The smallest absolute Gasteiger partial charge is 0.289 e. The maximum absolute atomic E-state index is 12.7. The summed E-state index contributed by atoms with van der Waals surface area (Å²) in [5.74, 6) is 1.56. The SMILES string of the molecule is CCc1oc(C(=O)N2CCCC2CC)cc1CN(CC)CC. The van der Waals surface area contributed by atoms with Crippen molar-refractivity contribution in [3.63, 3.8) is 0 Å². The first-order chi connectivity index (χ1) is 10.6. The van der Waals surface area contributed by atoms with Gasteiger partial charge in [-0.15, -0.1) is 0 Å². The molecule has 1 amide bonds.